The SMILES string of the molecule is Cc1nn(Cc2cccc(C(F)(F)F)c2)c(C)c1NC(=O)C(C)n1nc(C(F)F)c(Cl)c1C(F)F. The highest BCUT2D eigenvalue weighted by Gasteiger charge is 2.33. The van der Waals surface area contributed by atoms with Gasteiger partial charge in [0.25, 0.3) is 12.9 Å². The van der Waals surface area contributed by atoms with Crippen molar-refractivity contribution in [2.24, 2.45) is 0 Å². The highest BCUT2D eigenvalue weighted by molar-refractivity contribution is 6.32. The lowest BCUT2D eigenvalue weighted by molar-refractivity contribution is -0.137. The average molecular weight is 526 g/mol. The van der Waals surface area contributed by atoms with Crippen LogP contribution >= 0.6 is 11.6 Å². The number of amides is 1. The van der Waals surface area contributed by atoms with Crippen molar-refractivity contribution in [1.82, 2.24) is 19.6 Å². The van der Waals surface area contributed by atoms with Gasteiger partial charge in [-0.1, -0.05) is 23.7 Å². The largest absolute Gasteiger partial charge is 0.416 e. The van der Waals surface area contributed by atoms with E-state index in [4.69, 9.17) is 11.6 Å². The molecule has 14 heteroatoms. The second-order valence-electron chi connectivity index (χ2n) is 7.70. The summed E-state index contributed by atoms with van der Waals surface area (Å²) in [5.74, 6) is -0.864. The van der Waals surface area contributed by atoms with Crippen LogP contribution in [0.4, 0.5) is 36.4 Å². The van der Waals surface area contributed by atoms with Crippen molar-refractivity contribution in [3.05, 3.63) is 63.2 Å². The van der Waals surface area contributed by atoms with Gasteiger partial charge in [0.1, 0.15) is 17.4 Å². The molecule has 1 amide bonds. The minimum atomic E-state index is -4.52. The molecule has 0 aliphatic heterocycles. The van der Waals surface area contributed by atoms with Gasteiger partial charge in [-0.15, -0.1) is 0 Å². The number of alkyl halides is 7. The van der Waals surface area contributed by atoms with Crippen LogP contribution in [0.15, 0.2) is 24.3 Å². The number of anilines is 1. The van der Waals surface area contributed by atoms with E-state index < -0.39 is 53.0 Å². The Labute approximate surface area is 199 Å². The summed E-state index contributed by atoms with van der Waals surface area (Å²) in [6.45, 7) is 4.22. The van der Waals surface area contributed by atoms with Gasteiger partial charge in [0, 0.05) is 0 Å². The van der Waals surface area contributed by atoms with Gasteiger partial charge in [-0.25, -0.2) is 22.2 Å². The molecule has 0 aliphatic rings. The molecule has 0 saturated heterocycles. The van der Waals surface area contributed by atoms with E-state index in [9.17, 15) is 35.5 Å². The molecule has 2 aromatic heterocycles. The molecule has 0 fully saturated rings. The zero-order chi connectivity index (χ0) is 26.2. The summed E-state index contributed by atoms with van der Waals surface area (Å²) in [5.41, 5.74) is -1.73. The van der Waals surface area contributed by atoms with E-state index in [0.717, 1.165) is 12.1 Å². The van der Waals surface area contributed by atoms with Gasteiger partial charge in [-0.05, 0) is 38.5 Å². The quantitative estimate of drug-likeness (QED) is 0.359. The lowest BCUT2D eigenvalue weighted by Gasteiger charge is -2.16. The molecule has 1 atom stereocenters. The molecule has 2 heterocycles. The molecule has 0 aliphatic carbocycles. The Kier molecular flexibility index (Phi) is 7.48. The first-order valence-electron chi connectivity index (χ1n) is 10.1. The molecule has 1 N–H and O–H groups in total. The number of nitrogens with zero attached hydrogens (tertiary/aromatic N) is 4. The Morgan fingerprint density at radius 1 is 1.11 bits per heavy atom. The van der Waals surface area contributed by atoms with Gasteiger partial charge in [0.2, 0.25) is 5.91 Å². The van der Waals surface area contributed by atoms with Gasteiger partial charge < -0.3 is 5.32 Å². The molecule has 0 radical (unpaired) electrons. The number of carbonyl (C=O) groups excluding carboxylic acids is 1. The maximum Gasteiger partial charge on any atom is 0.416 e. The number of hydrogen-bond acceptors (Lipinski definition) is 3. The highest BCUT2D eigenvalue weighted by Crippen LogP contribution is 2.36. The second-order valence-corrected chi connectivity index (χ2v) is 8.08. The topological polar surface area (TPSA) is 64.7 Å². The Bertz CT molecular complexity index is 1240. The first-order chi connectivity index (χ1) is 16.2. The molecule has 6 nitrogen and oxygen atoms in total. The summed E-state index contributed by atoms with van der Waals surface area (Å²) in [7, 11) is 0. The maximum absolute atomic E-state index is 13.5. The van der Waals surface area contributed by atoms with Gasteiger partial charge >= 0.3 is 6.18 Å². The van der Waals surface area contributed by atoms with Crippen LogP contribution in [0.3, 0.4) is 0 Å². The number of hydrogen-bond donors (Lipinski definition) is 1. The standard InChI is InChI=1S/C21H19ClF7N5O/c1-9-15(10(2)33(31-9)8-12-5-4-6-13(7-12)21(27,28)29)30-20(35)11(3)34-17(19(25)26)14(22)16(32-34)18(23)24/h4-7,11,18-19H,8H2,1-3H3,(H,30,35). The van der Waals surface area contributed by atoms with Crippen LogP contribution in [0.1, 0.15) is 59.7 Å². The monoisotopic (exact) mass is 525 g/mol. The van der Waals surface area contributed by atoms with Crippen molar-refractivity contribution >= 4 is 23.2 Å². The van der Waals surface area contributed by atoms with Crippen LogP contribution in [0.25, 0.3) is 0 Å². The normalized spacial score (nSPS) is 13.1. The molecule has 0 bridgehead atoms. The van der Waals surface area contributed by atoms with Crippen LogP contribution in [0.5, 0.6) is 0 Å². The fourth-order valence-corrected chi connectivity index (χ4v) is 3.75. The average Bonchev–Trinajstić information content (AvgIpc) is 3.24. The number of aryl methyl sites for hydroxylation is 1. The van der Waals surface area contributed by atoms with Crippen molar-refractivity contribution in [3.8, 4) is 0 Å². The summed E-state index contributed by atoms with van der Waals surface area (Å²) >= 11 is 5.64. The zero-order valence-corrected chi connectivity index (χ0v) is 19.2. The van der Waals surface area contributed by atoms with E-state index in [-0.39, 0.29) is 12.2 Å². The summed E-state index contributed by atoms with van der Waals surface area (Å²) in [5, 5.41) is 9.22. The number of carbonyl (C=O) groups is 1. The minimum absolute atomic E-state index is 0.0376. The first kappa shape index (κ1) is 26.5. The second kappa shape index (κ2) is 9.88. The summed E-state index contributed by atoms with van der Waals surface area (Å²) in [4.78, 5) is 12.8. The molecule has 1 unspecified atom stereocenters. The molecule has 1 aromatic carbocycles. The molecular formula is C21H19ClF7N5O. The Morgan fingerprint density at radius 3 is 2.34 bits per heavy atom. The van der Waals surface area contributed by atoms with E-state index in [0.29, 0.717) is 21.6 Å². The summed E-state index contributed by atoms with van der Waals surface area (Å²) in [6, 6.07) is 3.21. The fourth-order valence-electron chi connectivity index (χ4n) is 3.47. The smallest absolute Gasteiger partial charge is 0.321 e. The van der Waals surface area contributed by atoms with Crippen LogP contribution in [-0.4, -0.2) is 25.5 Å². The molecule has 0 spiro atoms. The van der Waals surface area contributed by atoms with Gasteiger partial charge in [0.15, 0.2) is 0 Å². The number of benzene rings is 1. The number of halogens is 8. The van der Waals surface area contributed by atoms with Crippen LogP contribution in [0.2, 0.25) is 5.02 Å². The van der Waals surface area contributed by atoms with Crippen LogP contribution < -0.4 is 5.32 Å². The predicted molar refractivity (Wildman–Crippen MR) is 113 cm³/mol. The zero-order valence-electron chi connectivity index (χ0n) is 18.5. The highest BCUT2D eigenvalue weighted by atomic mass is 35.5. The third-order valence-electron chi connectivity index (χ3n) is 5.29. The summed E-state index contributed by atoms with van der Waals surface area (Å²) < 4.78 is 93.9. The van der Waals surface area contributed by atoms with Gasteiger partial charge in [-0.3, -0.25) is 9.48 Å². The number of nitrogens with one attached hydrogen (secondary N) is 1. The lowest BCUT2D eigenvalue weighted by atomic mass is 10.1. The van der Waals surface area contributed by atoms with Crippen molar-refractivity contribution in [1.29, 1.82) is 0 Å². The molecule has 0 saturated carbocycles. The van der Waals surface area contributed by atoms with Crippen molar-refractivity contribution in [2.75, 3.05) is 5.32 Å². The van der Waals surface area contributed by atoms with Crippen molar-refractivity contribution in [3.63, 3.8) is 0 Å². The lowest BCUT2D eigenvalue weighted by Crippen LogP contribution is -2.26. The van der Waals surface area contributed by atoms with E-state index in [1.807, 2.05) is 0 Å². The molecule has 3 aromatic rings. The van der Waals surface area contributed by atoms with Crippen LogP contribution in [0, 0.1) is 13.8 Å². The number of aromatic nitrogens is 4. The molecule has 35 heavy (non-hydrogen) atoms. The van der Waals surface area contributed by atoms with Gasteiger partial charge in [0.05, 0.1) is 34.2 Å². The van der Waals surface area contributed by atoms with Crippen molar-refractivity contribution < 1.29 is 35.5 Å². The third kappa shape index (κ3) is 5.44. The molecule has 3 rings (SSSR count). The van der Waals surface area contributed by atoms with E-state index in [2.05, 4.69) is 15.5 Å². The summed E-state index contributed by atoms with van der Waals surface area (Å²) in [6.07, 6.45) is -11.0. The Balaban J connectivity index is 1.86. The fraction of sp³-hybridized carbons (Fsp3) is 0.381. The van der Waals surface area contributed by atoms with E-state index in [1.165, 1.54) is 30.7 Å². The van der Waals surface area contributed by atoms with Gasteiger partial charge in [-0.2, -0.15) is 23.4 Å². The first-order valence-corrected chi connectivity index (χ1v) is 10.4. The van der Waals surface area contributed by atoms with Crippen LogP contribution in [-0.2, 0) is 17.5 Å². The van der Waals surface area contributed by atoms with Crippen molar-refractivity contribution in [2.45, 2.75) is 52.4 Å². The molecular weight excluding hydrogens is 507 g/mol. The minimum Gasteiger partial charge on any atom is -0.321 e. The third-order valence-corrected chi connectivity index (χ3v) is 5.68. The predicted octanol–water partition coefficient (Wildman–Crippen LogP) is 6.49. The van der Waals surface area contributed by atoms with E-state index in [1.54, 1.807) is 6.92 Å². The number of rotatable bonds is 7. The van der Waals surface area contributed by atoms with E-state index >= 15 is 0 Å². The maximum atomic E-state index is 13.5. The Morgan fingerprint density at radius 2 is 1.77 bits per heavy atom. The Hall–Kier alpha value is -3.09. The molecule has 190 valence electrons.